The third kappa shape index (κ3) is 5.16. The largest absolute Gasteiger partial charge is 0.271 e. The topological polar surface area (TPSA) is 38.0 Å². The molecule has 1 aromatic rings. The molecule has 0 spiro atoms. The number of aryl methyl sites for hydroxylation is 2. The molecule has 2 heteroatoms. The highest BCUT2D eigenvalue weighted by molar-refractivity contribution is 5.25. The molecule has 0 fully saturated rings. The summed E-state index contributed by atoms with van der Waals surface area (Å²) in [6, 6.07) is 8.96. The number of benzene rings is 1. The van der Waals surface area contributed by atoms with Crippen LogP contribution in [0.25, 0.3) is 0 Å². The SMILES string of the molecule is C=CCCCC(CCc1ccccc1C)NN. The molecule has 0 saturated heterocycles. The lowest BCUT2D eigenvalue weighted by atomic mass is 9.98. The molecule has 0 bridgehead atoms. The number of nitrogens with one attached hydrogen (secondary N) is 1. The van der Waals surface area contributed by atoms with Crippen LogP contribution in [0, 0.1) is 6.92 Å². The van der Waals surface area contributed by atoms with Crippen molar-refractivity contribution in [1.82, 2.24) is 5.43 Å². The lowest BCUT2D eigenvalue weighted by molar-refractivity contribution is 0.453. The second-order valence-electron chi connectivity index (χ2n) is 4.55. The Labute approximate surface area is 105 Å². The van der Waals surface area contributed by atoms with Crippen LogP contribution in [-0.4, -0.2) is 6.04 Å². The molecule has 2 nitrogen and oxygen atoms in total. The molecule has 1 aromatic carbocycles. The molecule has 0 amide bonds. The summed E-state index contributed by atoms with van der Waals surface area (Å²) in [5.41, 5.74) is 5.71. The molecule has 94 valence electrons. The first-order chi connectivity index (χ1) is 8.27. The third-order valence-electron chi connectivity index (χ3n) is 3.22. The summed E-state index contributed by atoms with van der Waals surface area (Å²) >= 11 is 0. The number of hydrogen-bond donors (Lipinski definition) is 2. The van der Waals surface area contributed by atoms with E-state index in [1.807, 2.05) is 6.08 Å². The van der Waals surface area contributed by atoms with Crippen molar-refractivity contribution in [1.29, 1.82) is 0 Å². The highest BCUT2D eigenvalue weighted by Crippen LogP contribution is 2.13. The van der Waals surface area contributed by atoms with E-state index in [-0.39, 0.29) is 0 Å². The monoisotopic (exact) mass is 232 g/mol. The van der Waals surface area contributed by atoms with Crippen LogP contribution in [0.3, 0.4) is 0 Å². The number of rotatable bonds is 8. The maximum absolute atomic E-state index is 5.58. The Morgan fingerprint density at radius 2 is 2.12 bits per heavy atom. The molecule has 0 aliphatic heterocycles. The molecule has 1 rings (SSSR count). The van der Waals surface area contributed by atoms with Crippen LogP contribution in [0.2, 0.25) is 0 Å². The maximum atomic E-state index is 5.58. The van der Waals surface area contributed by atoms with Crippen LogP contribution < -0.4 is 11.3 Å². The maximum Gasteiger partial charge on any atom is 0.0213 e. The van der Waals surface area contributed by atoms with Crippen molar-refractivity contribution < 1.29 is 0 Å². The Kier molecular flexibility index (Phi) is 6.60. The van der Waals surface area contributed by atoms with Crippen molar-refractivity contribution in [2.45, 2.75) is 45.1 Å². The zero-order valence-electron chi connectivity index (χ0n) is 10.8. The fourth-order valence-electron chi connectivity index (χ4n) is 2.04. The molecular weight excluding hydrogens is 208 g/mol. The van der Waals surface area contributed by atoms with Crippen LogP contribution in [0.15, 0.2) is 36.9 Å². The van der Waals surface area contributed by atoms with Crippen molar-refractivity contribution in [3.8, 4) is 0 Å². The van der Waals surface area contributed by atoms with Crippen LogP contribution in [0.1, 0.15) is 36.8 Å². The minimum atomic E-state index is 0.412. The van der Waals surface area contributed by atoms with Crippen molar-refractivity contribution in [3.05, 3.63) is 48.0 Å². The summed E-state index contributed by atoms with van der Waals surface area (Å²) in [5, 5.41) is 0. The van der Waals surface area contributed by atoms with Gasteiger partial charge in [-0.2, -0.15) is 0 Å². The molecule has 17 heavy (non-hydrogen) atoms. The van der Waals surface area contributed by atoms with Gasteiger partial charge in [0.1, 0.15) is 0 Å². The lowest BCUT2D eigenvalue weighted by Crippen LogP contribution is -2.35. The second-order valence-corrected chi connectivity index (χ2v) is 4.55. The molecule has 1 unspecified atom stereocenters. The van der Waals surface area contributed by atoms with Crippen molar-refractivity contribution in [2.24, 2.45) is 5.84 Å². The summed E-state index contributed by atoms with van der Waals surface area (Å²) in [6.07, 6.45) is 7.51. The molecule has 0 aliphatic rings. The van der Waals surface area contributed by atoms with Gasteiger partial charge >= 0.3 is 0 Å². The Hall–Kier alpha value is -1.12. The molecular formula is C15H24N2. The van der Waals surface area contributed by atoms with Crippen LogP contribution in [-0.2, 0) is 6.42 Å². The average Bonchev–Trinajstić information content (AvgIpc) is 2.35. The molecule has 1 atom stereocenters. The fourth-order valence-corrected chi connectivity index (χ4v) is 2.04. The Morgan fingerprint density at radius 1 is 1.35 bits per heavy atom. The van der Waals surface area contributed by atoms with Gasteiger partial charge in [0.15, 0.2) is 0 Å². The molecule has 0 radical (unpaired) electrons. The van der Waals surface area contributed by atoms with E-state index >= 15 is 0 Å². The number of unbranched alkanes of at least 4 members (excludes halogenated alkanes) is 1. The quantitative estimate of drug-likeness (QED) is 0.313. The van der Waals surface area contributed by atoms with Crippen molar-refractivity contribution >= 4 is 0 Å². The molecule has 0 aliphatic carbocycles. The van der Waals surface area contributed by atoms with Crippen LogP contribution in [0.5, 0.6) is 0 Å². The van der Waals surface area contributed by atoms with Gasteiger partial charge in [0.2, 0.25) is 0 Å². The van der Waals surface area contributed by atoms with Crippen molar-refractivity contribution in [3.63, 3.8) is 0 Å². The van der Waals surface area contributed by atoms with Gasteiger partial charge in [-0.15, -0.1) is 6.58 Å². The predicted molar refractivity (Wildman–Crippen MR) is 74.7 cm³/mol. The van der Waals surface area contributed by atoms with E-state index in [0.29, 0.717) is 6.04 Å². The smallest absolute Gasteiger partial charge is 0.0213 e. The fraction of sp³-hybridized carbons (Fsp3) is 0.467. The van der Waals surface area contributed by atoms with E-state index in [1.54, 1.807) is 0 Å². The minimum absolute atomic E-state index is 0.412. The van der Waals surface area contributed by atoms with Gasteiger partial charge in [0.05, 0.1) is 0 Å². The molecule has 3 N–H and O–H groups in total. The van der Waals surface area contributed by atoms with Gasteiger partial charge < -0.3 is 0 Å². The van der Waals surface area contributed by atoms with Crippen LogP contribution in [0.4, 0.5) is 0 Å². The summed E-state index contributed by atoms with van der Waals surface area (Å²) in [6.45, 7) is 5.90. The Balaban J connectivity index is 2.37. The Morgan fingerprint density at radius 3 is 2.76 bits per heavy atom. The van der Waals surface area contributed by atoms with Crippen molar-refractivity contribution in [2.75, 3.05) is 0 Å². The molecule has 0 aromatic heterocycles. The zero-order valence-corrected chi connectivity index (χ0v) is 10.8. The lowest BCUT2D eigenvalue weighted by Gasteiger charge is -2.16. The van der Waals surface area contributed by atoms with Gasteiger partial charge in [0.25, 0.3) is 0 Å². The van der Waals surface area contributed by atoms with E-state index < -0.39 is 0 Å². The van der Waals surface area contributed by atoms with E-state index in [2.05, 4.69) is 43.2 Å². The molecule has 0 heterocycles. The van der Waals surface area contributed by atoms with E-state index in [4.69, 9.17) is 5.84 Å². The zero-order chi connectivity index (χ0) is 12.5. The second kappa shape index (κ2) is 8.04. The summed E-state index contributed by atoms with van der Waals surface area (Å²) < 4.78 is 0. The minimum Gasteiger partial charge on any atom is -0.271 e. The number of hydrazine groups is 1. The van der Waals surface area contributed by atoms with Gasteiger partial charge in [-0.25, -0.2) is 0 Å². The first-order valence-corrected chi connectivity index (χ1v) is 6.39. The third-order valence-corrected chi connectivity index (χ3v) is 3.22. The first kappa shape index (κ1) is 13.9. The number of hydrogen-bond acceptors (Lipinski definition) is 2. The highest BCUT2D eigenvalue weighted by atomic mass is 15.2. The van der Waals surface area contributed by atoms with E-state index in [0.717, 1.165) is 32.1 Å². The summed E-state index contributed by atoms with van der Waals surface area (Å²) in [4.78, 5) is 0. The van der Waals surface area contributed by atoms with Gasteiger partial charge in [0, 0.05) is 6.04 Å². The number of nitrogens with two attached hydrogens (primary N) is 1. The number of allylic oxidation sites excluding steroid dienone is 1. The van der Waals surface area contributed by atoms with Crippen LogP contribution >= 0.6 is 0 Å². The highest BCUT2D eigenvalue weighted by Gasteiger charge is 2.07. The van der Waals surface area contributed by atoms with Gasteiger partial charge in [-0.05, 0) is 50.2 Å². The summed E-state index contributed by atoms with van der Waals surface area (Å²) in [7, 11) is 0. The van der Waals surface area contributed by atoms with Gasteiger partial charge in [-0.3, -0.25) is 11.3 Å². The standard InChI is InChI=1S/C15H24N2/c1-3-4-5-10-15(17-16)12-11-14-9-7-6-8-13(14)2/h3,6-9,15,17H,1,4-5,10-12,16H2,2H3. The molecule has 0 saturated carbocycles. The summed E-state index contributed by atoms with van der Waals surface area (Å²) in [5.74, 6) is 5.58. The van der Waals surface area contributed by atoms with E-state index in [9.17, 15) is 0 Å². The van der Waals surface area contributed by atoms with Gasteiger partial charge in [-0.1, -0.05) is 30.3 Å². The first-order valence-electron chi connectivity index (χ1n) is 6.39. The predicted octanol–water partition coefficient (Wildman–Crippen LogP) is 3.12. The Bertz CT molecular complexity index is 333. The normalized spacial score (nSPS) is 12.4. The van der Waals surface area contributed by atoms with E-state index in [1.165, 1.54) is 11.1 Å². The average molecular weight is 232 g/mol.